The molecule has 1 aromatic heterocycles. The molecule has 0 spiro atoms. The van der Waals surface area contributed by atoms with Crippen molar-refractivity contribution >= 4 is 5.97 Å². The van der Waals surface area contributed by atoms with Crippen molar-refractivity contribution in [2.75, 3.05) is 13.1 Å². The molecule has 5 heteroatoms. The molecule has 2 atom stereocenters. The van der Waals surface area contributed by atoms with Crippen molar-refractivity contribution in [3.8, 4) is 0 Å². The Hall–Kier alpha value is -1.49. The van der Waals surface area contributed by atoms with Crippen LogP contribution in [0.1, 0.15) is 18.4 Å². The van der Waals surface area contributed by atoms with Crippen LogP contribution in [-0.2, 0) is 11.3 Å². The van der Waals surface area contributed by atoms with E-state index < -0.39 is 5.97 Å². The fraction of sp³-hybridized carbons (Fsp3) is 0.615. The monoisotopic (exact) mass is 247 g/mol. The van der Waals surface area contributed by atoms with Crippen LogP contribution in [0.4, 0.5) is 0 Å². The topological polar surface area (TPSA) is 66.3 Å². The van der Waals surface area contributed by atoms with Crippen LogP contribution < -0.4 is 0 Å². The second-order valence-electron chi connectivity index (χ2n) is 5.39. The van der Waals surface area contributed by atoms with Gasteiger partial charge in [-0.15, -0.1) is 0 Å². The van der Waals surface area contributed by atoms with Crippen molar-refractivity contribution in [3.63, 3.8) is 0 Å². The molecule has 2 fully saturated rings. The molecule has 0 amide bonds. The minimum Gasteiger partial charge on any atom is -0.481 e. The number of carbonyl (C=O) groups is 1. The predicted molar refractivity (Wildman–Crippen MR) is 64.6 cm³/mol. The van der Waals surface area contributed by atoms with Crippen molar-refractivity contribution in [1.82, 2.24) is 14.9 Å². The van der Waals surface area contributed by atoms with Gasteiger partial charge in [0.25, 0.3) is 0 Å². The maximum atomic E-state index is 11.3. The minimum atomic E-state index is -0.640. The van der Waals surface area contributed by atoms with E-state index in [2.05, 4.69) is 14.9 Å². The smallest absolute Gasteiger partial charge is 0.308 e. The summed E-state index contributed by atoms with van der Waals surface area (Å²) < 4.78 is 0. The first kappa shape index (κ1) is 11.6. The summed E-state index contributed by atoms with van der Waals surface area (Å²) in [5.41, 5.74) is 1.05. The Labute approximate surface area is 106 Å². The zero-order valence-corrected chi connectivity index (χ0v) is 10.2. The van der Waals surface area contributed by atoms with Crippen molar-refractivity contribution in [2.45, 2.75) is 19.4 Å². The SMILES string of the molecule is O=C(O)[C@@H]1CN(Cc2cncnc2)C[C@H]1C1CC1. The normalized spacial score (nSPS) is 28.4. The summed E-state index contributed by atoms with van der Waals surface area (Å²) in [5, 5.41) is 9.29. The first-order valence-corrected chi connectivity index (χ1v) is 6.43. The summed E-state index contributed by atoms with van der Waals surface area (Å²) in [7, 11) is 0. The fourth-order valence-electron chi connectivity index (χ4n) is 2.98. The Morgan fingerprint density at radius 3 is 2.67 bits per heavy atom. The molecule has 2 aliphatic rings. The van der Waals surface area contributed by atoms with Gasteiger partial charge < -0.3 is 5.11 Å². The summed E-state index contributed by atoms with van der Waals surface area (Å²) >= 11 is 0. The first-order valence-electron chi connectivity index (χ1n) is 6.43. The summed E-state index contributed by atoms with van der Waals surface area (Å²) in [4.78, 5) is 21.5. The standard InChI is InChI=1S/C13H17N3O2/c17-13(18)12-7-16(6-11(12)10-1-2-10)5-9-3-14-8-15-4-9/h3-4,8,10-12H,1-2,5-7H2,(H,17,18)/t11-,12+/m0/s1. The molecule has 96 valence electrons. The lowest BCUT2D eigenvalue weighted by Crippen LogP contribution is -2.24. The van der Waals surface area contributed by atoms with Crippen LogP contribution in [-0.4, -0.2) is 39.0 Å². The van der Waals surface area contributed by atoms with Gasteiger partial charge >= 0.3 is 5.97 Å². The maximum Gasteiger partial charge on any atom is 0.308 e. The Kier molecular flexibility index (Phi) is 2.99. The lowest BCUT2D eigenvalue weighted by atomic mass is 9.92. The van der Waals surface area contributed by atoms with E-state index in [9.17, 15) is 9.90 Å². The number of hydrogen-bond donors (Lipinski definition) is 1. The number of aromatic nitrogens is 2. The summed E-state index contributed by atoms with van der Waals surface area (Å²) in [5.74, 6) is 0.149. The molecule has 1 aliphatic carbocycles. The van der Waals surface area contributed by atoms with Crippen LogP contribution in [0.3, 0.4) is 0 Å². The van der Waals surface area contributed by atoms with Gasteiger partial charge in [0.1, 0.15) is 6.33 Å². The van der Waals surface area contributed by atoms with Crippen molar-refractivity contribution < 1.29 is 9.90 Å². The second-order valence-corrected chi connectivity index (χ2v) is 5.39. The van der Waals surface area contributed by atoms with E-state index in [1.807, 2.05) is 0 Å². The summed E-state index contributed by atoms with van der Waals surface area (Å²) in [6, 6.07) is 0. The zero-order chi connectivity index (χ0) is 12.5. The van der Waals surface area contributed by atoms with Crippen molar-refractivity contribution in [2.24, 2.45) is 17.8 Å². The highest BCUT2D eigenvalue weighted by atomic mass is 16.4. The van der Waals surface area contributed by atoms with Gasteiger partial charge in [-0.1, -0.05) is 0 Å². The molecular weight excluding hydrogens is 230 g/mol. The van der Waals surface area contributed by atoms with E-state index >= 15 is 0 Å². The van der Waals surface area contributed by atoms with Gasteiger partial charge in [-0.25, -0.2) is 9.97 Å². The van der Waals surface area contributed by atoms with Crippen LogP contribution in [0.15, 0.2) is 18.7 Å². The third-order valence-electron chi connectivity index (χ3n) is 4.01. The van der Waals surface area contributed by atoms with E-state index in [0.29, 0.717) is 18.4 Å². The molecule has 0 radical (unpaired) electrons. The highest BCUT2D eigenvalue weighted by Gasteiger charge is 2.45. The van der Waals surface area contributed by atoms with E-state index in [1.165, 1.54) is 19.2 Å². The zero-order valence-electron chi connectivity index (χ0n) is 10.2. The maximum absolute atomic E-state index is 11.3. The summed E-state index contributed by atoms with van der Waals surface area (Å²) in [6.07, 6.45) is 7.52. The van der Waals surface area contributed by atoms with E-state index in [-0.39, 0.29) is 5.92 Å². The molecule has 0 aromatic carbocycles. The van der Waals surface area contributed by atoms with Crippen LogP contribution in [0.25, 0.3) is 0 Å². The number of carboxylic acids is 1. The number of likely N-dealkylation sites (tertiary alicyclic amines) is 1. The lowest BCUT2D eigenvalue weighted by molar-refractivity contribution is -0.142. The third-order valence-corrected chi connectivity index (χ3v) is 4.01. The van der Waals surface area contributed by atoms with Gasteiger partial charge in [0.2, 0.25) is 0 Å². The molecule has 2 heterocycles. The molecular formula is C13H17N3O2. The average molecular weight is 247 g/mol. The second kappa shape index (κ2) is 4.65. The van der Waals surface area contributed by atoms with E-state index in [4.69, 9.17) is 0 Å². The Morgan fingerprint density at radius 1 is 1.33 bits per heavy atom. The third kappa shape index (κ3) is 2.36. The number of hydrogen-bond acceptors (Lipinski definition) is 4. The number of aliphatic carboxylic acids is 1. The molecule has 18 heavy (non-hydrogen) atoms. The molecule has 3 rings (SSSR count). The fourth-order valence-corrected chi connectivity index (χ4v) is 2.98. The van der Waals surface area contributed by atoms with Gasteiger partial charge in [0, 0.05) is 37.6 Å². The van der Waals surface area contributed by atoms with E-state index in [1.54, 1.807) is 12.4 Å². The first-order chi connectivity index (χ1) is 8.74. The Balaban J connectivity index is 1.66. The lowest BCUT2D eigenvalue weighted by Gasteiger charge is -2.14. The molecule has 1 aliphatic heterocycles. The van der Waals surface area contributed by atoms with Crippen LogP contribution in [0.5, 0.6) is 0 Å². The Morgan fingerprint density at radius 2 is 2.06 bits per heavy atom. The predicted octanol–water partition coefficient (Wildman–Crippen LogP) is 1.02. The molecule has 0 unspecified atom stereocenters. The average Bonchev–Trinajstić information content (AvgIpc) is 3.12. The quantitative estimate of drug-likeness (QED) is 0.860. The van der Waals surface area contributed by atoms with Gasteiger partial charge in [0.15, 0.2) is 0 Å². The number of rotatable bonds is 4. The largest absolute Gasteiger partial charge is 0.481 e. The van der Waals surface area contributed by atoms with Gasteiger partial charge in [-0.05, 0) is 24.7 Å². The summed E-state index contributed by atoms with van der Waals surface area (Å²) in [6.45, 7) is 2.32. The van der Waals surface area contributed by atoms with E-state index in [0.717, 1.165) is 18.7 Å². The van der Waals surface area contributed by atoms with Crippen LogP contribution in [0, 0.1) is 17.8 Å². The van der Waals surface area contributed by atoms with Crippen LogP contribution >= 0.6 is 0 Å². The van der Waals surface area contributed by atoms with Crippen molar-refractivity contribution in [3.05, 3.63) is 24.3 Å². The molecule has 1 saturated carbocycles. The molecule has 1 aromatic rings. The molecule has 0 bridgehead atoms. The molecule has 5 nitrogen and oxygen atoms in total. The van der Waals surface area contributed by atoms with Gasteiger partial charge in [-0.3, -0.25) is 9.69 Å². The minimum absolute atomic E-state index is 0.192. The van der Waals surface area contributed by atoms with Gasteiger partial charge in [0.05, 0.1) is 5.92 Å². The highest BCUT2D eigenvalue weighted by molar-refractivity contribution is 5.71. The molecule has 1 N–H and O–H groups in total. The number of nitrogens with zero attached hydrogens (tertiary/aromatic N) is 3. The highest BCUT2D eigenvalue weighted by Crippen LogP contribution is 2.44. The van der Waals surface area contributed by atoms with Crippen LogP contribution in [0.2, 0.25) is 0 Å². The Bertz CT molecular complexity index is 433. The molecule has 1 saturated heterocycles. The van der Waals surface area contributed by atoms with Gasteiger partial charge in [-0.2, -0.15) is 0 Å². The number of carboxylic acid groups (broad SMARTS) is 1. The van der Waals surface area contributed by atoms with Crippen molar-refractivity contribution in [1.29, 1.82) is 0 Å².